The molecule has 0 radical (unpaired) electrons. The maximum atomic E-state index is 5.99. The normalized spacial score (nSPS) is 11.4. The molecule has 0 aliphatic carbocycles. The van der Waals surface area contributed by atoms with Crippen LogP contribution in [0.4, 0.5) is 5.69 Å². The van der Waals surface area contributed by atoms with Crippen LogP contribution >= 0.6 is 11.3 Å². The number of aryl methyl sites for hydroxylation is 2. The van der Waals surface area contributed by atoms with Crippen molar-refractivity contribution in [1.82, 2.24) is 4.98 Å². The zero-order chi connectivity index (χ0) is 17.0. The molecule has 0 aliphatic heterocycles. The number of nitrogens with zero attached hydrogens (tertiary/aromatic N) is 3. The number of thiazole rings is 1. The van der Waals surface area contributed by atoms with Gasteiger partial charge in [-0.2, -0.15) is 0 Å². The maximum Gasteiger partial charge on any atom is 0.278 e. The molecule has 0 unspecified atom stereocenters. The molecule has 0 bridgehead atoms. The van der Waals surface area contributed by atoms with Crippen LogP contribution in [-0.2, 0) is 0 Å². The fourth-order valence-electron chi connectivity index (χ4n) is 2.21. The fourth-order valence-corrected chi connectivity index (χ4v) is 3.05. The molecule has 124 valence electrons. The van der Waals surface area contributed by atoms with Crippen molar-refractivity contribution in [2.24, 2.45) is 4.99 Å². The molecule has 0 saturated carbocycles. The van der Waals surface area contributed by atoms with Gasteiger partial charge in [0.1, 0.15) is 5.75 Å². The highest BCUT2D eigenvalue weighted by Gasteiger charge is 2.12. The van der Waals surface area contributed by atoms with Crippen molar-refractivity contribution in [1.29, 1.82) is 0 Å². The predicted octanol–water partition coefficient (Wildman–Crippen LogP) is 5.16. The van der Waals surface area contributed by atoms with E-state index < -0.39 is 0 Å². The Morgan fingerprint density at radius 3 is 2.65 bits per heavy atom. The highest BCUT2D eigenvalue weighted by Crippen LogP contribution is 2.33. The lowest BCUT2D eigenvalue weighted by atomic mass is 10.1. The molecule has 0 N–H and O–H groups in total. The number of aromatic nitrogens is 1. The molecule has 0 atom stereocenters. The Balaban J connectivity index is 2.23. The lowest BCUT2D eigenvalue weighted by molar-refractivity contribution is 0.472. The second kappa shape index (κ2) is 7.59. The van der Waals surface area contributed by atoms with Crippen LogP contribution in [0, 0.1) is 13.8 Å². The van der Waals surface area contributed by atoms with E-state index in [4.69, 9.17) is 4.74 Å². The van der Waals surface area contributed by atoms with Crippen molar-refractivity contribution in [2.75, 3.05) is 18.5 Å². The largest absolute Gasteiger partial charge is 0.431 e. The first-order valence-electron chi connectivity index (χ1n) is 7.89. The van der Waals surface area contributed by atoms with Gasteiger partial charge in [-0.25, -0.2) is 4.98 Å². The van der Waals surface area contributed by atoms with E-state index in [2.05, 4.69) is 55.2 Å². The van der Waals surface area contributed by atoms with Crippen LogP contribution in [0.1, 0.15) is 43.5 Å². The van der Waals surface area contributed by atoms with E-state index in [1.807, 2.05) is 25.2 Å². The SMILES string of the molecule is CCN=CN(C)c1cc(C)c(Oc2nc(C(C)C)cs2)cc1C. The summed E-state index contributed by atoms with van der Waals surface area (Å²) in [6.07, 6.45) is 1.86. The summed E-state index contributed by atoms with van der Waals surface area (Å²) in [6, 6.07) is 4.20. The monoisotopic (exact) mass is 331 g/mol. The summed E-state index contributed by atoms with van der Waals surface area (Å²) < 4.78 is 5.99. The van der Waals surface area contributed by atoms with Gasteiger partial charge in [0.05, 0.1) is 12.0 Å². The third-order valence-corrected chi connectivity index (χ3v) is 4.34. The summed E-state index contributed by atoms with van der Waals surface area (Å²) >= 11 is 1.54. The molecule has 1 aromatic carbocycles. The van der Waals surface area contributed by atoms with Gasteiger partial charge >= 0.3 is 0 Å². The number of rotatable bonds is 6. The maximum absolute atomic E-state index is 5.99. The molecule has 4 nitrogen and oxygen atoms in total. The molecule has 0 aliphatic rings. The number of benzene rings is 1. The minimum Gasteiger partial charge on any atom is -0.431 e. The lowest BCUT2D eigenvalue weighted by Crippen LogP contribution is -2.16. The molecular weight excluding hydrogens is 306 g/mol. The van der Waals surface area contributed by atoms with E-state index in [1.54, 1.807) is 11.3 Å². The predicted molar refractivity (Wildman–Crippen MR) is 99.6 cm³/mol. The Kier molecular flexibility index (Phi) is 5.77. The quantitative estimate of drug-likeness (QED) is 0.542. The van der Waals surface area contributed by atoms with Crippen molar-refractivity contribution in [3.63, 3.8) is 0 Å². The van der Waals surface area contributed by atoms with Crippen molar-refractivity contribution in [2.45, 2.75) is 40.5 Å². The number of aliphatic imine (C=N–C) groups is 1. The Labute approximate surface area is 142 Å². The fraction of sp³-hybridized carbons (Fsp3) is 0.444. The van der Waals surface area contributed by atoms with Crippen molar-refractivity contribution in [3.05, 3.63) is 34.3 Å². The number of ether oxygens (including phenoxy) is 1. The van der Waals surface area contributed by atoms with Crippen LogP contribution in [0.2, 0.25) is 0 Å². The average molecular weight is 331 g/mol. The van der Waals surface area contributed by atoms with Gasteiger partial charge in [-0.3, -0.25) is 4.99 Å². The van der Waals surface area contributed by atoms with Crippen LogP contribution in [0.15, 0.2) is 22.5 Å². The molecule has 0 saturated heterocycles. The average Bonchev–Trinajstić information content (AvgIpc) is 2.97. The topological polar surface area (TPSA) is 37.7 Å². The molecule has 1 heterocycles. The standard InChI is InChI=1S/C18H25N3OS/c1-7-19-11-21(6)16-8-14(5)17(9-13(16)4)22-18-20-15(10-23-18)12(2)3/h8-12H,7H2,1-6H3. The van der Waals surface area contributed by atoms with Crippen molar-refractivity contribution < 1.29 is 4.74 Å². The summed E-state index contributed by atoms with van der Waals surface area (Å²) in [5, 5.41) is 2.76. The highest BCUT2D eigenvalue weighted by molar-refractivity contribution is 7.11. The smallest absolute Gasteiger partial charge is 0.278 e. The van der Waals surface area contributed by atoms with Crippen molar-refractivity contribution in [3.8, 4) is 10.9 Å². The number of hydrogen-bond acceptors (Lipinski definition) is 4. The molecule has 2 aromatic rings. The zero-order valence-corrected chi connectivity index (χ0v) is 15.6. The Morgan fingerprint density at radius 2 is 2.04 bits per heavy atom. The first kappa shape index (κ1) is 17.5. The van der Waals surface area contributed by atoms with E-state index in [0.29, 0.717) is 11.1 Å². The van der Waals surface area contributed by atoms with E-state index in [1.165, 1.54) is 0 Å². The van der Waals surface area contributed by atoms with Crippen LogP contribution < -0.4 is 9.64 Å². The summed E-state index contributed by atoms with van der Waals surface area (Å²) in [5.41, 5.74) is 4.44. The third kappa shape index (κ3) is 4.32. The van der Waals surface area contributed by atoms with Gasteiger partial charge in [0.25, 0.3) is 5.19 Å². The number of hydrogen-bond donors (Lipinski definition) is 0. The van der Waals surface area contributed by atoms with E-state index >= 15 is 0 Å². The molecule has 2 rings (SSSR count). The summed E-state index contributed by atoms with van der Waals surface area (Å²) in [6.45, 7) is 11.2. The number of anilines is 1. The van der Waals surface area contributed by atoms with Crippen LogP contribution in [0.3, 0.4) is 0 Å². The van der Waals surface area contributed by atoms with Crippen LogP contribution in [-0.4, -0.2) is 24.9 Å². The van der Waals surface area contributed by atoms with E-state index in [9.17, 15) is 0 Å². The first-order valence-corrected chi connectivity index (χ1v) is 8.77. The lowest BCUT2D eigenvalue weighted by Gasteiger charge is -2.18. The summed E-state index contributed by atoms with van der Waals surface area (Å²) in [4.78, 5) is 10.9. The van der Waals surface area contributed by atoms with E-state index in [-0.39, 0.29) is 0 Å². The van der Waals surface area contributed by atoms with Gasteiger partial charge in [0, 0.05) is 24.7 Å². The van der Waals surface area contributed by atoms with Gasteiger partial charge in [0.15, 0.2) is 0 Å². The van der Waals surface area contributed by atoms with Gasteiger partial charge in [-0.15, -0.1) is 0 Å². The van der Waals surface area contributed by atoms with Gasteiger partial charge in [0.2, 0.25) is 0 Å². The van der Waals surface area contributed by atoms with Gasteiger partial charge in [-0.05, 0) is 49.9 Å². The van der Waals surface area contributed by atoms with Crippen LogP contribution in [0.5, 0.6) is 10.9 Å². The molecule has 0 fully saturated rings. The molecule has 0 amide bonds. The first-order chi connectivity index (χ1) is 10.9. The minimum atomic E-state index is 0.417. The highest BCUT2D eigenvalue weighted by atomic mass is 32.1. The van der Waals surface area contributed by atoms with Gasteiger partial charge < -0.3 is 9.64 Å². The minimum absolute atomic E-state index is 0.417. The molecule has 23 heavy (non-hydrogen) atoms. The molecule has 0 spiro atoms. The summed E-state index contributed by atoms with van der Waals surface area (Å²) in [5.74, 6) is 1.28. The van der Waals surface area contributed by atoms with E-state index in [0.717, 1.165) is 34.8 Å². The second-order valence-electron chi connectivity index (χ2n) is 5.92. The molecule has 1 aromatic heterocycles. The Morgan fingerprint density at radius 1 is 1.30 bits per heavy atom. The van der Waals surface area contributed by atoms with Crippen LogP contribution in [0.25, 0.3) is 0 Å². The molecular formula is C18H25N3OS. The molecule has 5 heteroatoms. The van der Waals surface area contributed by atoms with Gasteiger partial charge in [-0.1, -0.05) is 25.2 Å². The summed E-state index contributed by atoms with van der Waals surface area (Å²) in [7, 11) is 2.01. The zero-order valence-electron chi connectivity index (χ0n) is 14.8. The van der Waals surface area contributed by atoms with Crippen molar-refractivity contribution >= 4 is 23.4 Å². The Bertz CT molecular complexity index is 692. The second-order valence-corrected chi connectivity index (χ2v) is 6.75. The Hall–Kier alpha value is -1.88. The third-order valence-electron chi connectivity index (χ3n) is 3.60.